The van der Waals surface area contributed by atoms with E-state index in [0.29, 0.717) is 12.0 Å². The highest BCUT2D eigenvalue weighted by Gasteiger charge is 2.48. The molecule has 0 saturated heterocycles. The van der Waals surface area contributed by atoms with Gasteiger partial charge in [-0.05, 0) is 84.4 Å². The van der Waals surface area contributed by atoms with Gasteiger partial charge in [0.2, 0.25) is 0 Å². The molecule has 2 aromatic rings. The van der Waals surface area contributed by atoms with E-state index in [1.807, 2.05) is 0 Å². The first-order chi connectivity index (χ1) is 13.2. The maximum Gasteiger partial charge on any atom is 0.193 e. The zero-order chi connectivity index (χ0) is 18.1. The fourth-order valence-electron chi connectivity index (χ4n) is 6.52. The average Bonchev–Trinajstić information content (AvgIpc) is 2.97. The van der Waals surface area contributed by atoms with E-state index in [1.165, 1.54) is 54.0 Å². The quantitative estimate of drug-likeness (QED) is 0.489. The van der Waals surface area contributed by atoms with E-state index in [2.05, 4.69) is 57.7 Å². The smallest absolute Gasteiger partial charge is 0.193 e. The van der Waals surface area contributed by atoms with Crippen LogP contribution in [0.2, 0.25) is 0 Å². The van der Waals surface area contributed by atoms with Crippen molar-refractivity contribution in [2.45, 2.75) is 38.1 Å². The first-order valence-corrected chi connectivity index (χ1v) is 11.0. The Balaban J connectivity index is 1.31. The Hall–Kier alpha value is -1.81. The van der Waals surface area contributed by atoms with Gasteiger partial charge in [0.15, 0.2) is 5.96 Å². The lowest BCUT2D eigenvalue weighted by Crippen LogP contribution is -2.48. The SMILES string of the molecule is NC(=NC1C2CC3CC(C2)CC1C3)Nc1ccc2c3c(cccc13)C=C2Br. The first kappa shape index (κ1) is 16.2. The molecule has 5 aliphatic carbocycles. The van der Waals surface area contributed by atoms with Crippen LogP contribution < -0.4 is 11.1 Å². The number of benzene rings is 2. The van der Waals surface area contributed by atoms with Crippen LogP contribution in [0.15, 0.2) is 35.3 Å². The molecular formula is C23H24BrN3. The Morgan fingerprint density at radius 3 is 2.48 bits per heavy atom. The normalized spacial score (nSPS) is 33.6. The van der Waals surface area contributed by atoms with Gasteiger partial charge in [-0.2, -0.15) is 0 Å². The third-order valence-electron chi connectivity index (χ3n) is 7.34. The van der Waals surface area contributed by atoms with Crippen molar-refractivity contribution in [2.75, 3.05) is 5.32 Å². The van der Waals surface area contributed by atoms with E-state index in [0.717, 1.165) is 33.8 Å². The van der Waals surface area contributed by atoms with Crippen LogP contribution in [0.25, 0.3) is 21.3 Å². The molecule has 4 saturated carbocycles. The molecule has 0 spiro atoms. The Kier molecular flexibility index (Phi) is 3.50. The van der Waals surface area contributed by atoms with Crippen molar-refractivity contribution < 1.29 is 0 Å². The highest BCUT2D eigenvalue weighted by molar-refractivity contribution is 9.15. The summed E-state index contributed by atoms with van der Waals surface area (Å²) in [4.78, 5) is 5.01. The van der Waals surface area contributed by atoms with Crippen LogP contribution in [0, 0.1) is 23.7 Å². The fourth-order valence-corrected chi connectivity index (χ4v) is 7.09. The van der Waals surface area contributed by atoms with Gasteiger partial charge in [0.05, 0.1) is 6.04 Å². The van der Waals surface area contributed by atoms with Gasteiger partial charge in [-0.25, -0.2) is 4.99 Å². The van der Waals surface area contributed by atoms with Gasteiger partial charge < -0.3 is 11.1 Å². The van der Waals surface area contributed by atoms with E-state index in [1.54, 1.807) is 0 Å². The largest absolute Gasteiger partial charge is 0.370 e. The van der Waals surface area contributed by atoms with Gasteiger partial charge in [0.25, 0.3) is 0 Å². The summed E-state index contributed by atoms with van der Waals surface area (Å²) in [7, 11) is 0. The summed E-state index contributed by atoms with van der Waals surface area (Å²) in [5, 5.41) is 5.93. The van der Waals surface area contributed by atoms with Crippen LogP contribution in [0.5, 0.6) is 0 Å². The van der Waals surface area contributed by atoms with Crippen LogP contribution in [-0.2, 0) is 0 Å². The average molecular weight is 422 g/mol. The number of aliphatic imine (C=N–C) groups is 1. The Morgan fingerprint density at radius 1 is 1.00 bits per heavy atom. The van der Waals surface area contributed by atoms with E-state index in [-0.39, 0.29) is 0 Å². The summed E-state index contributed by atoms with van der Waals surface area (Å²) in [5.74, 6) is 4.04. The van der Waals surface area contributed by atoms with Crippen LogP contribution in [0.4, 0.5) is 5.69 Å². The summed E-state index contributed by atoms with van der Waals surface area (Å²) in [5.41, 5.74) is 9.98. The molecule has 2 aromatic carbocycles. The van der Waals surface area contributed by atoms with E-state index in [4.69, 9.17) is 10.7 Å². The van der Waals surface area contributed by atoms with Gasteiger partial charge in [0.1, 0.15) is 0 Å². The molecule has 3 nitrogen and oxygen atoms in total. The van der Waals surface area contributed by atoms with Crippen LogP contribution in [0.3, 0.4) is 0 Å². The van der Waals surface area contributed by atoms with Crippen molar-refractivity contribution in [3.05, 3.63) is 41.5 Å². The molecule has 0 heterocycles. The lowest BCUT2D eigenvalue weighted by Gasteiger charge is -2.53. The fraction of sp³-hybridized carbons (Fsp3) is 0.435. The third kappa shape index (κ3) is 2.49. The number of hydrogen-bond donors (Lipinski definition) is 2. The summed E-state index contributed by atoms with van der Waals surface area (Å²) < 4.78 is 1.15. The zero-order valence-corrected chi connectivity index (χ0v) is 16.9. The number of anilines is 1. The van der Waals surface area contributed by atoms with Gasteiger partial charge in [0, 0.05) is 15.6 Å². The third-order valence-corrected chi connectivity index (χ3v) is 8.00. The number of nitrogens with two attached hydrogens (primary N) is 1. The molecule has 0 aromatic heterocycles. The molecule has 138 valence electrons. The monoisotopic (exact) mass is 421 g/mol. The molecule has 0 unspecified atom stereocenters. The maximum atomic E-state index is 6.41. The molecule has 27 heavy (non-hydrogen) atoms. The molecule has 5 aliphatic rings. The summed E-state index contributed by atoms with van der Waals surface area (Å²) >= 11 is 3.68. The molecule has 4 heteroatoms. The van der Waals surface area contributed by atoms with Gasteiger partial charge >= 0.3 is 0 Å². The number of hydrogen-bond acceptors (Lipinski definition) is 1. The number of rotatable bonds is 2. The van der Waals surface area contributed by atoms with Crippen molar-refractivity contribution in [2.24, 2.45) is 34.4 Å². The second-order valence-corrected chi connectivity index (χ2v) is 9.84. The van der Waals surface area contributed by atoms with Crippen molar-refractivity contribution >= 4 is 48.9 Å². The van der Waals surface area contributed by atoms with E-state index in [9.17, 15) is 0 Å². The number of nitrogens with zero attached hydrogens (tertiary/aromatic N) is 1. The summed E-state index contributed by atoms with van der Waals surface area (Å²) in [6.45, 7) is 0. The van der Waals surface area contributed by atoms with Crippen LogP contribution in [0.1, 0.15) is 43.2 Å². The van der Waals surface area contributed by atoms with Crippen molar-refractivity contribution in [3.63, 3.8) is 0 Å². The highest BCUT2D eigenvalue weighted by Crippen LogP contribution is 2.54. The number of nitrogens with one attached hydrogen (secondary N) is 1. The van der Waals surface area contributed by atoms with Crippen LogP contribution >= 0.6 is 15.9 Å². The molecule has 4 fully saturated rings. The van der Waals surface area contributed by atoms with Crippen LogP contribution in [-0.4, -0.2) is 12.0 Å². The molecule has 0 radical (unpaired) electrons. The van der Waals surface area contributed by atoms with Crippen molar-refractivity contribution in [3.8, 4) is 0 Å². The Bertz CT molecular complexity index is 978. The predicted octanol–water partition coefficient (Wildman–Crippen LogP) is 5.60. The lowest BCUT2D eigenvalue weighted by molar-refractivity contribution is 0.00124. The molecule has 0 amide bonds. The number of halogens is 1. The minimum absolute atomic E-state index is 0.429. The second-order valence-electron chi connectivity index (χ2n) is 8.98. The lowest BCUT2D eigenvalue weighted by atomic mass is 9.54. The standard InChI is InChI=1S/C23H24BrN3/c24-19-11-14-2-1-3-18-20(5-4-17(19)21(14)18)26-23(25)27-22-15-7-12-6-13(9-15)10-16(22)8-12/h1-5,11-13,15-16,22H,6-10H2,(H3,25,26,27). The van der Waals surface area contributed by atoms with E-state index >= 15 is 0 Å². The maximum absolute atomic E-state index is 6.41. The molecule has 3 N–H and O–H groups in total. The van der Waals surface area contributed by atoms with Gasteiger partial charge in [-0.1, -0.05) is 40.2 Å². The second kappa shape index (κ2) is 5.84. The minimum atomic E-state index is 0.429. The zero-order valence-electron chi connectivity index (χ0n) is 15.3. The van der Waals surface area contributed by atoms with Gasteiger partial charge in [-0.15, -0.1) is 0 Å². The van der Waals surface area contributed by atoms with E-state index < -0.39 is 0 Å². The molecule has 0 atom stereocenters. The predicted molar refractivity (Wildman–Crippen MR) is 117 cm³/mol. The summed E-state index contributed by atoms with van der Waals surface area (Å²) in [6, 6.07) is 11.2. The topological polar surface area (TPSA) is 50.4 Å². The Morgan fingerprint density at radius 2 is 1.74 bits per heavy atom. The molecule has 0 aliphatic heterocycles. The molecular weight excluding hydrogens is 398 g/mol. The van der Waals surface area contributed by atoms with Crippen molar-refractivity contribution in [1.29, 1.82) is 0 Å². The minimum Gasteiger partial charge on any atom is -0.370 e. The van der Waals surface area contributed by atoms with Crippen molar-refractivity contribution in [1.82, 2.24) is 0 Å². The first-order valence-electron chi connectivity index (χ1n) is 10.2. The number of guanidine groups is 1. The molecule has 7 rings (SSSR count). The van der Waals surface area contributed by atoms with Gasteiger partial charge in [-0.3, -0.25) is 0 Å². The Labute approximate surface area is 168 Å². The summed E-state index contributed by atoms with van der Waals surface area (Å²) in [6.07, 6.45) is 9.14. The highest BCUT2D eigenvalue weighted by atomic mass is 79.9. The molecule has 4 bridgehead atoms.